The summed E-state index contributed by atoms with van der Waals surface area (Å²) in [5, 5.41) is 17.8. The van der Waals surface area contributed by atoms with Crippen molar-refractivity contribution in [2.75, 3.05) is 6.54 Å². The second-order valence-corrected chi connectivity index (χ2v) is 6.90. The van der Waals surface area contributed by atoms with Gasteiger partial charge in [0.1, 0.15) is 11.6 Å². The van der Waals surface area contributed by atoms with Crippen LogP contribution in [0.1, 0.15) is 51.2 Å². The zero-order valence-electron chi connectivity index (χ0n) is 13.5. The summed E-state index contributed by atoms with van der Waals surface area (Å²) in [7, 11) is 0. The highest BCUT2D eigenvalue weighted by atomic mass is 16.4. The standard InChI is InChI=1S/C16H26N4O2/c1-11(2)19-7-4-3-5-13(19)10-15-18-17-14-9-12(16(21)22)6-8-20(14)15/h11-13H,3-10H2,1-2H3,(H,21,22). The third-order valence-corrected chi connectivity index (χ3v) is 5.14. The molecule has 2 aliphatic heterocycles. The minimum atomic E-state index is -0.714. The van der Waals surface area contributed by atoms with Crippen molar-refractivity contribution in [3.05, 3.63) is 11.6 Å². The van der Waals surface area contributed by atoms with Gasteiger partial charge in [0.05, 0.1) is 5.92 Å². The maximum Gasteiger partial charge on any atom is 0.307 e. The summed E-state index contributed by atoms with van der Waals surface area (Å²) < 4.78 is 2.16. The lowest BCUT2D eigenvalue weighted by Crippen LogP contribution is -2.45. The molecule has 3 heterocycles. The van der Waals surface area contributed by atoms with Gasteiger partial charge in [-0.1, -0.05) is 6.42 Å². The van der Waals surface area contributed by atoms with Gasteiger partial charge in [-0.25, -0.2) is 0 Å². The average Bonchev–Trinajstić information content (AvgIpc) is 2.90. The lowest BCUT2D eigenvalue weighted by atomic mass is 9.96. The fourth-order valence-corrected chi connectivity index (χ4v) is 3.88. The number of rotatable bonds is 4. The third-order valence-electron chi connectivity index (χ3n) is 5.14. The van der Waals surface area contributed by atoms with Crippen LogP contribution in [0.4, 0.5) is 0 Å². The number of aliphatic carboxylic acids is 1. The molecular formula is C16H26N4O2. The number of fused-ring (bicyclic) bond motifs is 1. The molecule has 22 heavy (non-hydrogen) atoms. The highest BCUT2D eigenvalue weighted by Gasteiger charge is 2.30. The van der Waals surface area contributed by atoms with Crippen LogP contribution >= 0.6 is 0 Å². The van der Waals surface area contributed by atoms with E-state index in [0.717, 1.165) is 24.6 Å². The Labute approximate surface area is 131 Å². The van der Waals surface area contributed by atoms with E-state index < -0.39 is 5.97 Å². The molecule has 0 spiro atoms. The Morgan fingerprint density at radius 1 is 1.27 bits per heavy atom. The number of aromatic nitrogens is 3. The summed E-state index contributed by atoms with van der Waals surface area (Å²) in [5.74, 6) is 0.873. The van der Waals surface area contributed by atoms with Crippen LogP contribution in [0, 0.1) is 5.92 Å². The summed E-state index contributed by atoms with van der Waals surface area (Å²) in [4.78, 5) is 13.7. The van der Waals surface area contributed by atoms with Gasteiger partial charge in [0.15, 0.2) is 0 Å². The third kappa shape index (κ3) is 3.02. The topological polar surface area (TPSA) is 71.2 Å². The van der Waals surface area contributed by atoms with Crippen LogP contribution in [0.2, 0.25) is 0 Å². The molecule has 0 saturated carbocycles. The minimum absolute atomic E-state index is 0.300. The Hall–Kier alpha value is -1.43. The van der Waals surface area contributed by atoms with Gasteiger partial charge in [-0.05, 0) is 39.7 Å². The fourth-order valence-electron chi connectivity index (χ4n) is 3.88. The van der Waals surface area contributed by atoms with Crippen LogP contribution in [0.25, 0.3) is 0 Å². The molecule has 1 aromatic heterocycles. The molecule has 1 fully saturated rings. The molecule has 2 unspecified atom stereocenters. The van der Waals surface area contributed by atoms with Gasteiger partial charge in [0.2, 0.25) is 0 Å². The zero-order valence-corrected chi connectivity index (χ0v) is 13.5. The summed E-state index contributed by atoms with van der Waals surface area (Å²) in [6.07, 6.45) is 5.93. The number of hydrogen-bond acceptors (Lipinski definition) is 4. The van der Waals surface area contributed by atoms with Crippen molar-refractivity contribution < 1.29 is 9.90 Å². The van der Waals surface area contributed by atoms with Crippen LogP contribution in [-0.2, 0) is 24.2 Å². The predicted octanol–water partition coefficient (Wildman–Crippen LogP) is 1.73. The van der Waals surface area contributed by atoms with E-state index in [9.17, 15) is 4.79 Å². The molecule has 2 aliphatic rings. The summed E-state index contributed by atoms with van der Waals surface area (Å²) in [5.41, 5.74) is 0. The Morgan fingerprint density at radius 2 is 2.09 bits per heavy atom. The minimum Gasteiger partial charge on any atom is -0.481 e. The van der Waals surface area contributed by atoms with Crippen molar-refractivity contribution in [1.82, 2.24) is 19.7 Å². The number of likely N-dealkylation sites (tertiary alicyclic amines) is 1. The highest BCUT2D eigenvalue weighted by Crippen LogP contribution is 2.25. The molecule has 122 valence electrons. The first-order chi connectivity index (χ1) is 10.6. The quantitative estimate of drug-likeness (QED) is 0.917. The summed E-state index contributed by atoms with van der Waals surface area (Å²) >= 11 is 0. The number of carbonyl (C=O) groups is 1. The van der Waals surface area contributed by atoms with Crippen LogP contribution in [-0.4, -0.2) is 49.4 Å². The fraction of sp³-hybridized carbons (Fsp3) is 0.812. The second kappa shape index (κ2) is 6.36. The van der Waals surface area contributed by atoms with Crippen molar-refractivity contribution in [2.24, 2.45) is 5.92 Å². The highest BCUT2D eigenvalue weighted by molar-refractivity contribution is 5.70. The Kier molecular flexibility index (Phi) is 4.47. The van der Waals surface area contributed by atoms with E-state index >= 15 is 0 Å². The van der Waals surface area contributed by atoms with Crippen molar-refractivity contribution >= 4 is 5.97 Å². The van der Waals surface area contributed by atoms with E-state index in [-0.39, 0.29) is 5.92 Å². The van der Waals surface area contributed by atoms with Crippen molar-refractivity contribution in [3.63, 3.8) is 0 Å². The van der Waals surface area contributed by atoms with E-state index in [1.165, 1.54) is 25.8 Å². The SMILES string of the molecule is CC(C)N1CCCCC1Cc1nnc2n1CCC(C(=O)O)C2. The van der Waals surface area contributed by atoms with Crippen molar-refractivity contribution in [3.8, 4) is 0 Å². The molecule has 2 atom stereocenters. The number of nitrogens with zero attached hydrogens (tertiary/aromatic N) is 4. The van der Waals surface area contributed by atoms with Gasteiger partial charge in [0, 0.05) is 31.5 Å². The maximum atomic E-state index is 11.1. The molecule has 0 radical (unpaired) electrons. The van der Waals surface area contributed by atoms with Gasteiger partial charge in [-0.2, -0.15) is 0 Å². The molecule has 1 N–H and O–H groups in total. The van der Waals surface area contributed by atoms with Gasteiger partial charge in [0.25, 0.3) is 0 Å². The van der Waals surface area contributed by atoms with Crippen molar-refractivity contribution in [2.45, 2.75) is 71.0 Å². The van der Waals surface area contributed by atoms with Gasteiger partial charge < -0.3 is 9.67 Å². The van der Waals surface area contributed by atoms with Crippen LogP contribution < -0.4 is 0 Å². The molecule has 6 heteroatoms. The first kappa shape index (κ1) is 15.5. The van der Waals surface area contributed by atoms with Crippen LogP contribution in [0.5, 0.6) is 0 Å². The lowest BCUT2D eigenvalue weighted by molar-refractivity contribution is -0.142. The predicted molar refractivity (Wildman–Crippen MR) is 82.7 cm³/mol. The molecule has 0 bridgehead atoms. The first-order valence-electron chi connectivity index (χ1n) is 8.45. The van der Waals surface area contributed by atoms with Gasteiger partial charge in [-0.15, -0.1) is 10.2 Å². The van der Waals surface area contributed by atoms with E-state index in [2.05, 4.69) is 33.5 Å². The zero-order chi connectivity index (χ0) is 15.7. The molecule has 0 amide bonds. The Balaban J connectivity index is 1.73. The molecule has 3 rings (SSSR count). The first-order valence-corrected chi connectivity index (χ1v) is 8.45. The number of hydrogen-bond donors (Lipinski definition) is 1. The van der Waals surface area contributed by atoms with Crippen LogP contribution in [0.15, 0.2) is 0 Å². The Morgan fingerprint density at radius 3 is 2.82 bits per heavy atom. The number of carboxylic acids is 1. The second-order valence-electron chi connectivity index (χ2n) is 6.90. The van der Waals surface area contributed by atoms with Gasteiger partial charge >= 0.3 is 5.97 Å². The smallest absolute Gasteiger partial charge is 0.307 e. The molecular weight excluding hydrogens is 280 g/mol. The van der Waals surface area contributed by atoms with E-state index in [1.807, 2.05) is 0 Å². The van der Waals surface area contributed by atoms with E-state index in [0.29, 0.717) is 24.9 Å². The molecule has 0 aromatic carbocycles. The largest absolute Gasteiger partial charge is 0.481 e. The van der Waals surface area contributed by atoms with E-state index in [4.69, 9.17) is 5.11 Å². The number of piperidine rings is 1. The Bertz CT molecular complexity index is 540. The normalized spacial score (nSPS) is 26.1. The molecule has 6 nitrogen and oxygen atoms in total. The summed E-state index contributed by atoms with van der Waals surface area (Å²) in [6, 6.07) is 1.10. The molecule has 1 aromatic rings. The maximum absolute atomic E-state index is 11.1. The monoisotopic (exact) mass is 306 g/mol. The van der Waals surface area contributed by atoms with Crippen molar-refractivity contribution in [1.29, 1.82) is 0 Å². The van der Waals surface area contributed by atoms with E-state index in [1.54, 1.807) is 0 Å². The van der Waals surface area contributed by atoms with Crippen LogP contribution in [0.3, 0.4) is 0 Å². The lowest BCUT2D eigenvalue weighted by Gasteiger charge is -2.38. The molecule has 0 aliphatic carbocycles. The summed E-state index contributed by atoms with van der Waals surface area (Å²) in [6.45, 7) is 6.43. The molecule has 1 saturated heterocycles. The average molecular weight is 306 g/mol. The number of carboxylic acid groups (broad SMARTS) is 1. The van der Waals surface area contributed by atoms with Gasteiger partial charge in [-0.3, -0.25) is 9.69 Å².